The number of hydrogen-bond acceptors (Lipinski definition) is 5. The molecule has 2 aliphatic heterocycles. The van der Waals surface area contributed by atoms with Crippen molar-refractivity contribution in [3.8, 4) is 16.9 Å². The van der Waals surface area contributed by atoms with E-state index < -0.39 is 0 Å². The maximum Gasteiger partial charge on any atom is 0.357 e. The van der Waals surface area contributed by atoms with Gasteiger partial charge in [-0.3, -0.25) is 4.79 Å². The number of anilines is 1. The molecule has 8 heteroatoms. The first kappa shape index (κ1) is 26.8. The molecule has 3 aliphatic rings. The Hall–Kier alpha value is -4.43. The summed E-state index contributed by atoms with van der Waals surface area (Å²) in [7, 11) is 1.59. The number of allylic oxidation sites excluding steroid dienone is 4. The maximum atomic E-state index is 14.4. The minimum atomic E-state index is -0.297. The molecule has 1 unspecified atom stereocenters. The Labute approximate surface area is 243 Å². The van der Waals surface area contributed by atoms with Crippen LogP contribution < -0.4 is 15.4 Å². The van der Waals surface area contributed by atoms with Crippen molar-refractivity contribution in [2.45, 2.75) is 6.42 Å². The monoisotopic (exact) mass is 566 g/mol. The van der Waals surface area contributed by atoms with Crippen molar-refractivity contribution in [3.05, 3.63) is 130 Å². The van der Waals surface area contributed by atoms with E-state index in [0.717, 1.165) is 34.5 Å². The quantitative estimate of drug-likeness (QED) is 0.348. The van der Waals surface area contributed by atoms with Gasteiger partial charge in [0, 0.05) is 29.1 Å². The summed E-state index contributed by atoms with van der Waals surface area (Å²) in [6, 6.07) is 20.0. The Balaban J connectivity index is 1.32. The van der Waals surface area contributed by atoms with Gasteiger partial charge < -0.3 is 20.1 Å². The molecular formula is C33H29ClN3O4+. The first-order valence-corrected chi connectivity index (χ1v) is 13.8. The second-order valence-corrected chi connectivity index (χ2v) is 10.4. The van der Waals surface area contributed by atoms with E-state index in [1.54, 1.807) is 37.4 Å². The Kier molecular flexibility index (Phi) is 7.32. The molecular weight excluding hydrogens is 538 g/mol. The number of methoxy groups -OCH3 is 1. The average Bonchev–Trinajstić information content (AvgIpc) is 3.18. The zero-order valence-corrected chi connectivity index (χ0v) is 23.3. The fraction of sp³-hybridized carbons (Fsp3) is 0.152. The SMILES string of the molecule is COc1ccc(C(=O)Nc2ccc(C(=O)[N+]34CCOCC3=CNC=C3CC=CC=C34)c(Cl)c2)c(-c2ccccc2)c1. The third kappa shape index (κ3) is 4.89. The summed E-state index contributed by atoms with van der Waals surface area (Å²) >= 11 is 6.77. The molecule has 0 bridgehead atoms. The summed E-state index contributed by atoms with van der Waals surface area (Å²) < 4.78 is 11.2. The van der Waals surface area contributed by atoms with Crippen molar-refractivity contribution in [2.75, 3.05) is 32.2 Å². The molecule has 3 aromatic carbocycles. The summed E-state index contributed by atoms with van der Waals surface area (Å²) in [5.41, 5.74) is 5.77. The van der Waals surface area contributed by atoms with Crippen LogP contribution in [0.25, 0.3) is 11.1 Å². The molecule has 2 heterocycles. The van der Waals surface area contributed by atoms with Gasteiger partial charge in [0.05, 0.1) is 30.5 Å². The molecule has 0 spiro atoms. The zero-order chi connectivity index (χ0) is 28.4. The minimum Gasteiger partial charge on any atom is -0.497 e. The summed E-state index contributed by atoms with van der Waals surface area (Å²) in [6.45, 7) is 1.23. The lowest BCUT2D eigenvalue weighted by Crippen LogP contribution is -2.56. The number of fused-ring (bicyclic) bond motifs is 3. The van der Waals surface area contributed by atoms with E-state index in [9.17, 15) is 9.59 Å². The predicted molar refractivity (Wildman–Crippen MR) is 159 cm³/mol. The summed E-state index contributed by atoms with van der Waals surface area (Å²) in [5.74, 6) is 0.218. The van der Waals surface area contributed by atoms with Gasteiger partial charge in [-0.1, -0.05) is 54.1 Å². The lowest BCUT2D eigenvalue weighted by Gasteiger charge is -2.41. The van der Waals surface area contributed by atoms with Gasteiger partial charge in [0.15, 0.2) is 11.4 Å². The van der Waals surface area contributed by atoms with E-state index in [2.05, 4.69) is 16.7 Å². The van der Waals surface area contributed by atoms with Crippen LogP contribution in [-0.4, -0.2) is 43.2 Å². The second kappa shape index (κ2) is 11.2. The molecule has 1 atom stereocenters. The van der Waals surface area contributed by atoms with Crippen molar-refractivity contribution in [1.82, 2.24) is 5.32 Å². The number of halogens is 1. The van der Waals surface area contributed by atoms with Crippen LogP contribution in [0.15, 0.2) is 114 Å². The Bertz CT molecular complexity index is 1660. The van der Waals surface area contributed by atoms with Crippen molar-refractivity contribution in [1.29, 1.82) is 0 Å². The van der Waals surface area contributed by atoms with Crippen molar-refractivity contribution >= 4 is 29.1 Å². The maximum absolute atomic E-state index is 14.4. The topological polar surface area (TPSA) is 76.7 Å². The fourth-order valence-corrected chi connectivity index (χ4v) is 5.85. The van der Waals surface area contributed by atoms with E-state index in [1.807, 2.05) is 61.0 Å². The highest BCUT2D eigenvalue weighted by Gasteiger charge is 2.50. The third-order valence-corrected chi connectivity index (χ3v) is 7.96. The Morgan fingerprint density at radius 2 is 1.85 bits per heavy atom. The lowest BCUT2D eigenvalue weighted by molar-refractivity contribution is -0.779. The van der Waals surface area contributed by atoms with Gasteiger partial charge in [0.2, 0.25) is 0 Å². The summed E-state index contributed by atoms with van der Waals surface area (Å²) in [4.78, 5) is 27.8. The van der Waals surface area contributed by atoms with Crippen LogP contribution in [0, 0.1) is 0 Å². The number of ether oxygens (including phenoxy) is 2. The third-order valence-electron chi connectivity index (χ3n) is 7.65. The van der Waals surface area contributed by atoms with Crippen LogP contribution in [0.2, 0.25) is 5.02 Å². The lowest BCUT2D eigenvalue weighted by atomic mass is 9.98. The van der Waals surface area contributed by atoms with Crippen molar-refractivity contribution in [3.63, 3.8) is 0 Å². The van der Waals surface area contributed by atoms with Crippen LogP contribution in [0.3, 0.4) is 0 Å². The van der Waals surface area contributed by atoms with Gasteiger partial charge in [-0.15, -0.1) is 0 Å². The molecule has 7 nitrogen and oxygen atoms in total. The number of benzene rings is 3. The van der Waals surface area contributed by atoms with E-state index >= 15 is 0 Å². The number of rotatable bonds is 5. The van der Waals surface area contributed by atoms with Crippen LogP contribution in [0.4, 0.5) is 5.69 Å². The highest BCUT2D eigenvalue weighted by molar-refractivity contribution is 6.34. The average molecular weight is 567 g/mol. The molecule has 0 saturated carbocycles. The van der Waals surface area contributed by atoms with Crippen LogP contribution in [0.1, 0.15) is 27.1 Å². The molecule has 206 valence electrons. The standard InChI is InChI=1S/C33H28ClN3O4/c1-40-26-12-14-27(29(18-26)22-7-3-2-4-8-22)32(38)36-24-11-13-28(30(34)17-24)33(39)37-15-16-41-21-25(37)20-35-19-23-9-5-6-10-31(23)37/h2-8,10-14,17-20,35H,9,15-16,21H2,1H3/p+1. The number of hydrogen-bond donors (Lipinski definition) is 2. The number of carbonyl (C=O) groups excluding carboxylic acids is 2. The van der Waals surface area contributed by atoms with Gasteiger partial charge in [-0.05, 0) is 53.9 Å². The molecule has 1 saturated heterocycles. The molecule has 0 radical (unpaired) electrons. The smallest absolute Gasteiger partial charge is 0.357 e. The minimum absolute atomic E-state index is 0.0148. The van der Waals surface area contributed by atoms with Crippen molar-refractivity contribution in [2.24, 2.45) is 0 Å². The molecule has 3 aromatic rings. The van der Waals surface area contributed by atoms with E-state index in [-0.39, 0.29) is 21.3 Å². The normalized spacial score (nSPS) is 19.3. The zero-order valence-electron chi connectivity index (χ0n) is 22.5. The first-order chi connectivity index (χ1) is 20.0. The predicted octanol–water partition coefficient (Wildman–Crippen LogP) is 6.43. The van der Waals surface area contributed by atoms with Gasteiger partial charge >= 0.3 is 5.91 Å². The highest BCUT2D eigenvalue weighted by Crippen LogP contribution is 2.40. The Morgan fingerprint density at radius 1 is 1.02 bits per heavy atom. The molecule has 41 heavy (non-hydrogen) atoms. The van der Waals surface area contributed by atoms with E-state index in [0.29, 0.717) is 42.3 Å². The van der Waals surface area contributed by atoms with Gasteiger partial charge in [0.25, 0.3) is 5.91 Å². The Morgan fingerprint density at radius 3 is 2.66 bits per heavy atom. The number of morpholine rings is 1. The van der Waals surface area contributed by atoms with Crippen LogP contribution in [-0.2, 0) is 4.74 Å². The second-order valence-electron chi connectivity index (χ2n) is 9.97. The first-order valence-electron chi connectivity index (χ1n) is 13.4. The van der Waals surface area contributed by atoms with Gasteiger partial charge in [0.1, 0.15) is 18.9 Å². The number of amides is 2. The van der Waals surface area contributed by atoms with Crippen LogP contribution in [0.5, 0.6) is 5.75 Å². The number of nitrogens with one attached hydrogen (secondary N) is 2. The summed E-state index contributed by atoms with van der Waals surface area (Å²) in [6.07, 6.45) is 10.6. The number of nitrogens with zero attached hydrogens (tertiary/aromatic N) is 1. The molecule has 2 amide bonds. The van der Waals surface area contributed by atoms with E-state index in [1.165, 1.54) is 0 Å². The van der Waals surface area contributed by atoms with Gasteiger partial charge in [-0.2, -0.15) is 4.48 Å². The molecule has 0 aromatic heterocycles. The van der Waals surface area contributed by atoms with E-state index in [4.69, 9.17) is 21.1 Å². The summed E-state index contributed by atoms with van der Waals surface area (Å²) in [5, 5.41) is 6.44. The van der Waals surface area contributed by atoms with Gasteiger partial charge in [-0.25, -0.2) is 4.79 Å². The largest absolute Gasteiger partial charge is 0.497 e. The molecule has 6 rings (SSSR count). The van der Waals surface area contributed by atoms with Crippen LogP contribution >= 0.6 is 11.6 Å². The molecule has 1 fully saturated rings. The van der Waals surface area contributed by atoms with Crippen molar-refractivity contribution < 1.29 is 23.5 Å². The fourth-order valence-electron chi connectivity index (χ4n) is 5.59. The number of carbonyl (C=O) groups is 2. The molecule has 2 N–H and O–H groups in total. The number of quaternary nitrogens is 1. The highest BCUT2D eigenvalue weighted by atomic mass is 35.5. The molecule has 1 aliphatic carbocycles.